The quantitative estimate of drug-likeness (QED) is 0.323. The van der Waals surface area contributed by atoms with E-state index in [9.17, 15) is 9.59 Å². The van der Waals surface area contributed by atoms with Crippen molar-refractivity contribution in [3.05, 3.63) is 65.3 Å². The van der Waals surface area contributed by atoms with Crippen LogP contribution in [-0.4, -0.2) is 39.8 Å². The van der Waals surface area contributed by atoms with Crippen molar-refractivity contribution >= 4 is 34.7 Å². The molecule has 0 saturated carbocycles. The molecular formula is C26H36N2O2S. The van der Waals surface area contributed by atoms with E-state index in [1.807, 2.05) is 58.0 Å². The fourth-order valence-electron chi connectivity index (χ4n) is 3.58. The summed E-state index contributed by atoms with van der Waals surface area (Å²) in [5.41, 5.74) is 3.84. The predicted octanol–water partition coefficient (Wildman–Crippen LogP) is 6.11. The van der Waals surface area contributed by atoms with E-state index in [4.69, 9.17) is 12.2 Å². The van der Waals surface area contributed by atoms with E-state index < -0.39 is 0 Å². The number of thiocarbonyl (C=S) groups is 1. The Bertz CT molecular complexity index is 870. The van der Waals surface area contributed by atoms with E-state index in [0.717, 1.165) is 16.7 Å². The van der Waals surface area contributed by atoms with Crippen molar-refractivity contribution in [2.24, 2.45) is 0 Å². The Kier molecular flexibility index (Phi) is 10.6. The highest BCUT2D eigenvalue weighted by Crippen LogP contribution is 2.40. The summed E-state index contributed by atoms with van der Waals surface area (Å²) in [7, 11) is 0. The van der Waals surface area contributed by atoms with E-state index in [-0.39, 0.29) is 28.4 Å². The summed E-state index contributed by atoms with van der Waals surface area (Å²) in [4.78, 5) is 29.2. The highest BCUT2D eigenvalue weighted by Gasteiger charge is 2.40. The van der Waals surface area contributed by atoms with Crippen LogP contribution < -0.4 is 0 Å². The van der Waals surface area contributed by atoms with E-state index in [1.165, 1.54) is 16.2 Å². The number of allylic oxidation sites excluding steroid dienone is 4. The summed E-state index contributed by atoms with van der Waals surface area (Å²) in [6.07, 6.45) is 4.96. The lowest BCUT2D eigenvalue weighted by molar-refractivity contribution is -0.133. The third-order valence-corrected chi connectivity index (χ3v) is 5.49. The number of benzene rings is 1. The normalized spacial score (nSPS) is 17.8. The van der Waals surface area contributed by atoms with Gasteiger partial charge in [-0.2, -0.15) is 0 Å². The first-order valence-corrected chi connectivity index (χ1v) is 11.6. The maximum atomic E-state index is 13.1. The number of hydrogen-bond donors (Lipinski definition) is 0. The van der Waals surface area contributed by atoms with E-state index in [1.54, 1.807) is 6.08 Å². The molecule has 1 aromatic carbocycles. The van der Waals surface area contributed by atoms with E-state index in [0.29, 0.717) is 18.7 Å². The molecule has 1 unspecified atom stereocenters. The molecule has 1 heterocycles. The van der Waals surface area contributed by atoms with Crippen molar-refractivity contribution in [1.82, 2.24) is 9.80 Å². The van der Waals surface area contributed by atoms with Crippen LogP contribution >= 0.6 is 12.2 Å². The van der Waals surface area contributed by atoms with Crippen LogP contribution in [0.15, 0.2) is 54.1 Å². The van der Waals surface area contributed by atoms with Gasteiger partial charge in [0.25, 0.3) is 11.8 Å². The van der Waals surface area contributed by atoms with Gasteiger partial charge in [0.2, 0.25) is 0 Å². The van der Waals surface area contributed by atoms with Gasteiger partial charge in [-0.25, -0.2) is 0 Å². The minimum atomic E-state index is -0.328. The van der Waals surface area contributed by atoms with E-state index >= 15 is 0 Å². The topological polar surface area (TPSA) is 40.6 Å². The van der Waals surface area contributed by atoms with Crippen molar-refractivity contribution in [2.75, 3.05) is 13.1 Å². The van der Waals surface area contributed by atoms with Crippen LogP contribution in [0.25, 0.3) is 5.57 Å². The Balaban J connectivity index is 0.000000884. The molecular weight excluding hydrogens is 404 g/mol. The lowest BCUT2D eigenvalue weighted by Crippen LogP contribution is -2.56. The smallest absolute Gasteiger partial charge is 0.266 e. The second kappa shape index (κ2) is 12.4. The first kappa shape index (κ1) is 26.5. The lowest BCUT2D eigenvalue weighted by atomic mass is 9.79. The molecule has 2 amide bonds. The number of hydrogen-bond acceptors (Lipinski definition) is 3. The number of likely N-dealkylation sites (N-methyl/N-ethyl adjacent to an activating group) is 2. The molecule has 168 valence electrons. The zero-order chi connectivity index (χ0) is 23.7. The minimum absolute atomic E-state index is 0.160. The Morgan fingerprint density at radius 3 is 1.94 bits per heavy atom. The van der Waals surface area contributed by atoms with Crippen LogP contribution in [0.4, 0.5) is 0 Å². The molecule has 1 saturated heterocycles. The van der Waals surface area contributed by atoms with Crippen molar-refractivity contribution in [2.45, 2.75) is 60.8 Å². The number of fused-ring (bicyclic) bond motifs is 1. The molecule has 4 nitrogen and oxygen atoms in total. The van der Waals surface area contributed by atoms with Gasteiger partial charge in [-0.1, -0.05) is 78.0 Å². The summed E-state index contributed by atoms with van der Waals surface area (Å²) in [6.45, 7) is 18.8. The van der Waals surface area contributed by atoms with Gasteiger partial charge in [0.1, 0.15) is 5.57 Å². The zero-order valence-electron chi connectivity index (χ0n) is 20.0. The maximum Gasteiger partial charge on any atom is 0.266 e. The van der Waals surface area contributed by atoms with Gasteiger partial charge in [-0.3, -0.25) is 19.4 Å². The molecule has 1 aromatic rings. The molecule has 31 heavy (non-hydrogen) atoms. The fourth-order valence-corrected chi connectivity index (χ4v) is 4.00. The summed E-state index contributed by atoms with van der Waals surface area (Å²) in [5, 5.41) is 0.278. The first-order chi connectivity index (χ1) is 14.9. The zero-order valence-corrected chi connectivity index (χ0v) is 20.8. The second-order valence-electron chi connectivity index (χ2n) is 7.03. The van der Waals surface area contributed by atoms with E-state index in [2.05, 4.69) is 27.4 Å². The summed E-state index contributed by atoms with van der Waals surface area (Å²) in [5.74, 6) is -0.495. The third kappa shape index (κ3) is 5.21. The van der Waals surface area contributed by atoms with Crippen molar-refractivity contribution in [3.8, 4) is 0 Å². The second-order valence-corrected chi connectivity index (χ2v) is 7.40. The standard InChI is InChI=1S/C21H22N2O2S.C3H8.C2H6/c1-5-14-12-17(16-11-9-8-10-15(16)13(14)4)18-19(24)22(6-2)21(26)23(7-3)20(18)25;1-3-2;1-2/h5,8-13H,1,6-7H2,2-4H3;3H2,1-2H3;1-2H3. The summed E-state index contributed by atoms with van der Waals surface area (Å²) < 4.78 is 0. The Hall–Kier alpha value is -2.53. The van der Waals surface area contributed by atoms with Crippen LogP contribution in [-0.2, 0) is 9.59 Å². The monoisotopic (exact) mass is 440 g/mol. The first-order valence-electron chi connectivity index (χ1n) is 11.2. The van der Waals surface area contributed by atoms with Gasteiger partial charge >= 0.3 is 0 Å². The van der Waals surface area contributed by atoms with Crippen LogP contribution in [0, 0.1) is 0 Å². The van der Waals surface area contributed by atoms with Crippen LogP contribution in [0.3, 0.4) is 0 Å². The van der Waals surface area contributed by atoms with Crippen LogP contribution in [0.2, 0.25) is 0 Å². The molecule has 1 aliphatic heterocycles. The van der Waals surface area contributed by atoms with Gasteiger partial charge in [-0.15, -0.1) is 0 Å². The Morgan fingerprint density at radius 2 is 1.48 bits per heavy atom. The van der Waals surface area contributed by atoms with Crippen molar-refractivity contribution in [3.63, 3.8) is 0 Å². The SMILES string of the molecule is C=CC1=CC(=C2C(=O)N(CC)C(=S)N(CC)C2=O)c2ccccc2C1C.CC.CCC. The molecule has 2 aliphatic rings. The summed E-state index contributed by atoms with van der Waals surface area (Å²) >= 11 is 5.35. The highest BCUT2D eigenvalue weighted by atomic mass is 32.1. The van der Waals surface area contributed by atoms with Gasteiger partial charge in [0.15, 0.2) is 5.11 Å². The molecule has 0 radical (unpaired) electrons. The van der Waals surface area contributed by atoms with Crippen LogP contribution in [0.5, 0.6) is 0 Å². The molecule has 0 aromatic heterocycles. The highest BCUT2D eigenvalue weighted by molar-refractivity contribution is 7.80. The number of rotatable bonds is 3. The number of carbonyl (C=O) groups is 2. The molecule has 1 aliphatic carbocycles. The average Bonchev–Trinajstić information content (AvgIpc) is 2.78. The molecule has 5 heteroatoms. The van der Waals surface area contributed by atoms with Crippen molar-refractivity contribution < 1.29 is 9.59 Å². The molecule has 0 spiro atoms. The summed E-state index contributed by atoms with van der Waals surface area (Å²) in [6, 6.07) is 7.90. The third-order valence-electron chi connectivity index (χ3n) is 5.05. The molecule has 1 atom stereocenters. The van der Waals surface area contributed by atoms with Crippen molar-refractivity contribution in [1.29, 1.82) is 0 Å². The molecule has 0 N–H and O–H groups in total. The number of nitrogens with zero attached hydrogens (tertiary/aromatic N) is 2. The Labute approximate surface area is 193 Å². The molecule has 1 fully saturated rings. The largest absolute Gasteiger partial charge is 0.285 e. The lowest BCUT2D eigenvalue weighted by Gasteiger charge is -2.37. The Morgan fingerprint density at radius 1 is 1.00 bits per heavy atom. The molecule has 3 rings (SSSR count). The number of amides is 2. The fraction of sp³-hybridized carbons (Fsp3) is 0.423. The van der Waals surface area contributed by atoms with Gasteiger partial charge < -0.3 is 0 Å². The van der Waals surface area contributed by atoms with Gasteiger partial charge in [-0.05, 0) is 48.8 Å². The average molecular weight is 441 g/mol. The van der Waals surface area contributed by atoms with Gasteiger partial charge in [0.05, 0.1) is 0 Å². The number of carbonyl (C=O) groups excluding carboxylic acids is 2. The predicted molar refractivity (Wildman–Crippen MR) is 135 cm³/mol. The maximum absolute atomic E-state index is 13.1. The van der Waals surface area contributed by atoms with Crippen LogP contribution in [0.1, 0.15) is 71.9 Å². The minimum Gasteiger partial charge on any atom is -0.285 e. The van der Waals surface area contributed by atoms with Gasteiger partial charge in [0, 0.05) is 24.6 Å². The molecule has 0 bridgehead atoms.